The van der Waals surface area contributed by atoms with Gasteiger partial charge < -0.3 is 9.47 Å². The summed E-state index contributed by atoms with van der Waals surface area (Å²) >= 11 is 0. The van der Waals surface area contributed by atoms with Crippen molar-refractivity contribution in [2.45, 2.75) is 137 Å². The van der Waals surface area contributed by atoms with E-state index in [2.05, 4.69) is 27.7 Å². The number of rotatable bonds is 22. The molecule has 0 saturated heterocycles. The third-order valence-corrected chi connectivity index (χ3v) is 6.14. The predicted octanol–water partition coefficient (Wildman–Crippen LogP) is 8.02. The molecular formula is C27H52O4. The molecule has 0 aliphatic rings. The summed E-state index contributed by atoms with van der Waals surface area (Å²) in [5, 5.41) is 0. The van der Waals surface area contributed by atoms with Gasteiger partial charge in [0.05, 0.1) is 13.2 Å². The molecule has 0 amide bonds. The molecule has 1 unspecified atom stereocenters. The monoisotopic (exact) mass is 440 g/mol. The maximum absolute atomic E-state index is 11.9. The number of unbranched alkanes of at least 4 members (excludes halogenated alkanes) is 10. The number of esters is 2. The average molecular weight is 441 g/mol. The zero-order chi connectivity index (χ0) is 23.2. The van der Waals surface area contributed by atoms with Gasteiger partial charge in [0.1, 0.15) is 0 Å². The van der Waals surface area contributed by atoms with E-state index in [0.29, 0.717) is 37.9 Å². The molecule has 0 fully saturated rings. The second-order valence-corrected chi connectivity index (χ2v) is 9.41. The molecule has 0 bridgehead atoms. The summed E-state index contributed by atoms with van der Waals surface area (Å²) in [6, 6.07) is 0. The van der Waals surface area contributed by atoms with E-state index >= 15 is 0 Å². The fraction of sp³-hybridized carbons (Fsp3) is 0.926. The Labute approximate surface area is 193 Å². The van der Waals surface area contributed by atoms with Crippen LogP contribution in [0.25, 0.3) is 0 Å². The van der Waals surface area contributed by atoms with Crippen molar-refractivity contribution >= 4 is 11.9 Å². The SMILES string of the molecule is CCCCCOC(=O)CCCCCCCCCC(CCC(=O)OCCCCC)C(C)C. The van der Waals surface area contributed by atoms with Gasteiger partial charge in [0.25, 0.3) is 0 Å². The lowest BCUT2D eigenvalue weighted by Crippen LogP contribution is -2.13. The van der Waals surface area contributed by atoms with Crippen LogP contribution in [0.4, 0.5) is 0 Å². The molecule has 4 nitrogen and oxygen atoms in total. The Kier molecular flexibility index (Phi) is 21.4. The summed E-state index contributed by atoms with van der Waals surface area (Å²) in [7, 11) is 0. The quantitative estimate of drug-likeness (QED) is 0.126. The maximum atomic E-state index is 11.9. The molecule has 0 N–H and O–H groups in total. The first-order valence-corrected chi connectivity index (χ1v) is 13.3. The second kappa shape index (κ2) is 22.1. The van der Waals surface area contributed by atoms with Gasteiger partial charge in [0.15, 0.2) is 0 Å². The smallest absolute Gasteiger partial charge is 0.305 e. The fourth-order valence-corrected chi connectivity index (χ4v) is 3.89. The van der Waals surface area contributed by atoms with E-state index in [1.54, 1.807) is 0 Å². The van der Waals surface area contributed by atoms with Crippen LogP contribution in [0.15, 0.2) is 0 Å². The van der Waals surface area contributed by atoms with E-state index < -0.39 is 0 Å². The number of carbonyl (C=O) groups excluding carboxylic acids is 2. The number of ether oxygens (including phenoxy) is 2. The first-order chi connectivity index (χ1) is 15.0. The molecule has 0 aliphatic carbocycles. The van der Waals surface area contributed by atoms with Crippen LogP contribution < -0.4 is 0 Å². The highest BCUT2D eigenvalue weighted by Crippen LogP contribution is 2.24. The lowest BCUT2D eigenvalue weighted by atomic mass is 9.86. The van der Waals surface area contributed by atoms with Gasteiger partial charge in [-0.15, -0.1) is 0 Å². The standard InChI is InChI=1S/C27H52O4/c1-5-7-16-22-30-26(28)19-15-13-11-9-10-12-14-18-25(24(3)4)20-21-27(29)31-23-17-8-6-2/h24-25H,5-23H2,1-4H3. The largest absolute Gasteiger partial charge is 0.466 e. The van der Waals surface area contributed by atoms with Crippen LogP contribution >= 0.6 is 0 Å². The van der Waals surface area contributed by atoms with E-state index in [-0.39, 0.29) is 11.9 Å². The summed E-state index contributed by atoms with van der Waals surface area (Å²) in [6.07, 6.45) is 18.2. The summed E-state index contributed by atoms with van der Waals surface area (Å²) in [4.78, 5) is 23.5. The van der Waals surface area contributed by atoms with Gasteiger partial charge in [-0.3, -0.25) is 9.59 Å². The van der Waals surface area contributed by atoms with E-state index in [1.165, 1.54) is 38.5 Å². The molecule has 0 saturated carbocycles. The van der Waals surface area contributed by atoms with Gasteiger partial charge in [-0.2, -0.15) is 0 Å². The van der Waals surface area contributed by atoms with Crippen LogP contribution in [-0.2, 0) is 19.1 Å². The Morgan fingerprint density at radius 1 is 0.581 bits per heavy atom. The fourth-order valence-electron chi connectivity index (χ4n) is 3.89. The van der Waals surface area contributed by atoms with Crippen LogP contribution in [0.5, 0.6) is 0 Å². The lowest BCUT2D eigenvalue weighted by Gasteiger charge is -2.20. The molecule has 0 rings (SSSR count). The zero-order valence-electron chi connectivity index (χ0n) is 21.2. The van der Waals surface area contributed by atoms with Gasteiger partial charge in [-0.05, 0) is 37.5 Å². The molecule has 1 atom stereocenters. The van der Waals surface area contributed by atoms with E-state index in [1.807, 2.05) is 0 Å². The Hall–Kier alpha value is -1.06. The van der Waals surface area contributed by atoms with Crippen LogP contribution in [0.1, 0.15) is 137 Å². The minimum Gasteiger partial charge on any atom is -0.466 e. The van der Waals surface area contributed by atoms with E-state index in [4.69, 9.17) is 9.47 Å². The van der Waals surface area contributed by atoms with Gasteiger partial charge >= 0.3 is 11.9 Å². The van der Waals surface area contributed by atoms with Crippen LogP contribution in [-0.4, -0.2) is 25.2 Å². The predicted molar refractivity (Wildman–Crippen MR) is 130 cm³/mol. The summed E-state index contributed by atoms with van der Waals surface area (Å²) in [5.74, 6) is 1.19. The van der Waals surface area contributed by atoms with Crippen molar-refractivity contribution in [1.29, 1.82) is 0 Å². The molecule has 0 aliphatic heterocycles. The Morgan fingerprint density at radius 3 is 1.58 bits per heavy atom. The molecule has 0 spiro atoms. The first-order valence-electron chi connectivity index (χ1n) is 13.3. The van der Waals surface area contributed by atoms with Gasteiger partial charge in [0.2, 0.25) is 0 Å². The van der Waals surface area contributed by atoms with Crippen molar-refractivity contribution < 1.29 is 19.1 Å². The van der Waals surface area contributed by atoms with Crippen LogP contribution in [0, 0.1) is 11.8 Å². The molecule has 31 heavy (non-hydrogen) atoms. The topological polar surface area (TPSA) is 52.6 Å². The van der Waals surface area contributed by atoms with Gasteiger partial charge in [-0.1, -0.05) is 98.3 Å². The normalized spacial score (nSPS) is 12.2. The highest BCUT2D eigenvalue weighted by molar-refractivity contribution is 5.69. The lowest BCUT2D eigenvalue weighted by molar-refractivity contribution is -0.145. The molecule has 184 valence electrons. The van der Waals surface area contributed by atoms with E-state index in [9.17, 15) is 9.59 Å². The molecule has 0 aromatic rings. The third kappa shape index (κ3) is 20.6. The number of hydrogen-bond donors (Lipinski definition) is 0. The van der Waals surface area contributed by atoms with Crippen molar-refractivity contribution in [3.05, 3.63) is 0 Å². The molecule has 0 aromatic heterocycles. The Morgan fingerprint density at radius 2 is 1.06 bits per heavy atom. The molecular weight excluding hydrogens is 388 g/mol. The number of hydrogen-bond acceptors (Lipinski definition) is 4. The van der Waals surface area contributed by atoms with Gasteiger partial charge in [-0.25, -0.2) is 0 Å². The van der Waals surface area contributed by atoms with Crippen molar-refractivity contribution in [2.24, 2.45) is 11.8 Å². The zero-order valence-corrected chi connectivity index (χ0v) is 21.2. The molecule has 0 radical (unpaired) electrons. The second-order valence-electron chi connectivity index (χ2n) is 9.41. The van der Waals surface area contributed by atoms with Crippen molar-refractivity contribution in [2.75, 3.05) is 13.2 Å². The summed E-state index contributed by atoms with van der Waals surface area (Å²) < 4.78 is 10.6. The highest BCUT2D eigenvalue weighted by Gasteiger charge is 2.15. The first kappa shape index (κ1) is 29.9. The van der Waals surface area contributed by atoms with Crippen LogP contribution in [0.3, 0.4) is 0 Å². The minimum atomic E-state index is -0.0272. The summed E-state index contributed by atoms with van der Waals surface area (Å²) in [6.45, 7) is 10.0. The Balaban J connectivity index is 3.62. The highest BCUT2D eigenvalue weighted by atomic mass is 16.5. The molecule has 4 heteroatoms. The van der Waals surface area contributed by atoms with E-state index in [0.717, 1.165) is 57.8 Å². The third-order valence-electron chi connectivity index (χ3n) is 6.14. The summed E-state index contributed by atoms with van der Waals surface area (Å²) in [5.41, 5.74) is 0. The number of carbonyl (C=O) groups is 2. The average Bonchev–Trinajstić information content (AvgIpc) is 2.74. The van der Waals surface area contributed by atoms with Crippen LogP contribution in [0.2, 0.25) is 0 Å². The van der Waals surface area contributed by atoms with Gasteiger partial charge in [0, 0.05) is 12.8 Å². The van der Waals surface area contributed by atoms with Crippen molar-refractivity contribution in [3.63, 3.8) is 0 Å². The minimum absolute atomic E-state index is 0.0217. The molecule has 0 heterocycles. The maximum Gasteiger partial charge on any atom is 0.305 e. The van der Waals surface area contributed by atoms with Crippen molar-refractivity contribution in [3.8, 4) is 0 Å². The molecule has 0 aromatic carbocycles. The van der Waals surface area contributed by atoms with Crippen molar-refractivity contribution in [1.82, 2.24) is 0 Å². The Bertz CT molecular complexity index is 419.